The number of pyridine rings is 1. The van der Waals surface area contributed by atoms with Crippen LogP contribution in [0.2, 0.25) is 0 Å². The third-order valence-electron chi connectivity index (χ3n) is 2.96. The fraction of sp³-hybridized carbons (Fsp3) is 0.500. The molecule has 0 fully saturated rings. The molecule has 2 aromatic rings. The Morgan fingerprint density at radius 2 is 2.10 bits per heavy atom. The molecule has 6 heteroatoms. The van der Waals surface area contributed by atoms with Crippen molar-refractivity contribution in [2.24, 2.45) is 0 Å². The highest BCUT2D eigenvalue weighted by atomic mass is 79.9. The molecule has 0 amide bonds. The summed E-state index contributed by atoms with van der Waals surface area (Å²) in [5.74, 6) is 0. The number of aromatic nitrogens is 2. The predicted molar refractivity (Wildman–Crippen MR) is 87.0 cm³/mol. The fourth-order valence-electron chi connectivity index (χ4n) is 1.80. The zero-order valence-corrected chi connectivity index (χ0v) is 14.6. The standard InChI is InChI=1S/C14H20BrN3OS/c1-5-10-6-12(15)13-17-11(9-18(13)8-10)7-16-20(19)14(2,3)4/h6,8-9,16H,5,7H2,1-4H3/t20-/m1/s1. The lowest BCUT2D eigenvalue weighted by Gasteiger charge is -2.23. The van der Waals surface area contributed by atoms with E-state index in [1.54, 1.807) is 0 Å². The molecule has 0 aliphatic heterocycles. The third-order valence-corrected chi connectivity index (χ3v) is 5.06. The summed E-state index contributed by atoms with van der Waals surface area (Å²) in [7, 11) is 0. The van der Waals surface area contributed by atoms with Gasteiger partial charge in [0.25, 0.3) is 0 Å². The second kappa shape index (κ2) is 6.05. The Bertz CT molecular complexity index is 606. The molecule has 0 bridgehead atoms. The number of hydrogen-bond acceptors (Lipinski definition) is 3. The van der Waals surface area contributed by atoms with Gasteiger partial charge in [-0.25, -0.2) is 4.98 Å². The largest absolute Gasteiger partial charge is 0.598 e. The van der Waals surface area contributed by atoms with E-state index in [0.717, 1.165) is 22.2 Å². The lowest BCUT2D eigenvalue weighted by atomic mass is 10.2. The van der Waals surface area contributed by atoms with Crippen LogP contribution in [-0.2, 0) is 24.3 Å². The van der Waals surface area contributed by atoms with E-state index in [4.69, 9.17) is 0 Å². The number of nitrogens with zero attached hydrogens (tertiary/aromatic N) is 2. The fourth-order valence-corrected chi connectivity index (χ4v) is 3.10. The van der Waals surface area contributed by atoms with Gasteiger partial charge < -0.3 is 8.95 Å². The van der Waals surface area contributed by atoms with Gasteiger partial charge in [0.2, 0.25) is 0 Å². The summed E-state index contributed by atoms with van der Waals surface area (Å²) in [6.45, 7) is 8.47. The average molecular weight is 358 g/mol. The maximum absolute atomic E-state index is 12.0. The van der Waals surface area contributed by atoms with E-state index < -0.39 is 11.4 Å². The van der Waals surface area contributed by atoms with E-state index >= 15 is 0 Å². The van der Waals surface area contributed by atoms with Gasteiger partial charge in [0.15, 0.2) is 5.65 Å². The number of imidazole rings is 1. The van der Waals surface area contributed by atoms with E-state index in [2.05, 4.69) is 44.8 Å². The maximum atomic E-state index is 12.0. The molecule has 1 atom stereocenters. The second-order valence-corrected chi connectivity index (χ2v) is 8.62. The van der Waals surface area contributed by atoms with Crippen LogP contribution in [0.5, 0.6) is 0 Å². The lowest BCUT2D eigenvalue weighted by Crippen LogP contribution is -2.39. The van der Waals surface area contributed by atoms with Gasteiger partial charge in [0.1, 0.15) is 4.75 Å². The first kappa shape index (κ1) is 15.8. The molecule has 20 heavy (non-hydrogen) atoms. The van der Waals surface area contributed by atoms with Crippen molar-refractivity contribution >= 4 is 32.9 Å². The lowest BCUT2D eigenvalue weighted by molar-refractivity contribution is 0.543. The SMILES string of the molecule is CCc1cc(Br)c2nc(CN[S@+]([O-])C(C)(C)C)cn2c1. The molecule has 0 saturated heterocycles. The van der Waals surface area contributed by atoms with Gasteiger partial charge in [-0.2, -0.15) is 0 Å². The molecule has 0 saturated carbocycles. The number of rotatable bonds is 4. The number of nitrogens with one attached hydrogen (secondary N) is 1. The average Bonchev–Trinajstić information content (AvgIpc) is 2.78. The summed E-state index contributed by atoms with van der Waals surface area (Å²) in [4.78, 5) is 4.56. The molecule has 0 aromatic carbocycles. The highest BCUT2D eigenvalue weighted by Crippen LogP contribution is 2.20. The van der Waals surface area contributed by atoms with Crippen molar-refractivity contribution < 1.29 is 4.55 Å². The summed E-state index contributed by atoms with van der Waals surface area (Å²) in [6, 6.07) is 2.09. The summed E-state index contributed by atoms with van der Waals surface area (Å²) in [5.41, 5.74) is 3.02. The van der Waals surface area contributed by atoms with Crippen LogP contribution in [0.1, 0.15) is 39.0 Å². The number of aryl methyl sites for hydroxylation is 1. The van der Waals surface area contributed by atoms with E-state index in [1.807, 2.05) is 31.4 Å². The van der Waals surface area contributed by atoms with Gasteiger partial charge in [-0.15, -0.1) is 4.72 Å². The summed E-state index contributed by atoms with van der Waals surface area (Å²) in [5, 5.41) is 0. The number of fused-ring (bicyclic) bond motifs is 1. The molecular weight excluding hydrogens is 338 g/mol. The number of hydrogen-bond donors (Lipinski definition) is 1. The van der Waals surface area contributed by atoms with Crippen molar-refractivity contribution in [1.29, 1.82) is 0 Å². The van der Waals surface area contributed by atoms with E-state index in [-0.39, 0.29) is 4.75 Å². The first-order chi connectivity index (χ1) is 9.31. The van der Waals surface area contributed by atoms with Crippen LogP contribution in [0.15, 0.2) is 22.9 Å². The van der Waals surface area contributed by atoms with Gasteiger partial charge >= 0.3 is 0 Å². The van der Waals surface area contributed by atoms with Gasteiger partial charge in [-0.05, 0) is 54.8 Å². The molecular formula is C14H20BrN3OS. The Balaban J connectivity index is 2.18. The van der Waals surface area contributed by atoms with Crippen LogP contribution in [0.3, 0.4) is 0 Å². The summed E-state index contributed by atoms with van der Waals surface area (Å²) < 4.78 is 17.7. The van der Waals surface area contributed by atoms with Crippen molar-refractivity contribution in [1.82, 2.24) is 14.1 Å². The molecule has 2 aromatic heterocycles. The molecule has 0 radical (unpaired) electrons. The van der Waals surface area contributed by atoms with Crippen LogP contribution >= 0.6 is 15.9 Å². The highest BCUT2D eigenvalue weighted by Gasteiger charge is 2.26. The van der Waals surface area contributed by atoms with Crippen LogP contribution in [0, 0.1) is 0 Å². The van der Waals surface area contributed by atoms with Crippen molar-refractivity contribution in [3.05, 3.63) is 34.2 Å². The predicted octanol–water partition coefficient (Wildman–Crippen LogP) is 3.21. The van der Waals surface area contributed by atoms with E-state index in [9.17, 15) is 4.55 Å². The first-order valence-corrected chi connectivity index (χ1v) is 8.57. The first-order valence-electron chi connectivity index (χ1n) is 6.62. The van der Waals surface area contributed by atoms with Crippen molar-refractivity contribution in [2.75, 3.05) is 0 Å². The topological polar surface area (TPSA) is 52.4 Å². The molecule has 0 aliphatic carbocycles. The quantitative estimate of drug-likeness (QED) is 0.854. The molecule has 2 heterocycles. The summed E-state index contributed by atoms with van der Waals surface area (Å²) in [6.07, 6.45) is 5.04. The monoisotopic (exact) mass is 357 g/mol. The second-order valence-electron chi connectivity index (χ2n) is 5.72. The minimum absolute atomic E-state index is 0.269. The van der Waals surface area contributed by atoms with Crippen LogP contribution in [0.25, 0.3) is 5.65 Å². The molecule has 2 rings (SSSR count). The van der Waals surface area contributed by atoms with Crippen LogP contribution in [0.4, 0.5) is 0 Å². The Labute approximate surface area is 131 Å². The Morgan fingerprint density at radius 3 is 2.70 bits per heavy atom. The van der Waals surface area contributed by atoms with Crippen LogP contribution < -0.4 is 4.72 Å². The molecule has 110 valence electrons. The van der Waals surface area contributed by atoms with Crippen molar-refractivity contribution in [2.45, 2.75) is 45.4 Å². The minimum Gasteiger partial charge on any atom is -0.598 e. The zero-order chi connectivity index (χ0) is 14.9. The van der Waals surface area contributed by atoms with Gasteiger partial charge in [-0.3, -0.25) is 0 Å². The number of halogens is 1. The van der Waals surface area contributed by atoms with E-state index in [1.165, 1.54) is 5.56 Å². The highest BCUT2D eigenvalue weighted by molar-refractivity contribution is 9.10. The smallest absolute Gasteiger partial charge is 0.151 e. The molecule has 4 nitrogen and oxygen atoms in total. The van der Waals surface area contributed by atoms with E-state index in [0.29, 0.717) is 6.54 Å². The van der Waals surface area contributed by atoms with Gasteiger partial charge in [0.05, 0.1) is 16.7 Å². The molecule has 0 unspecified atom stereocenters. The van der Waals surface area contributed by atoms with Crippen molar-refractivity contribution in [3.63, 3.8) is 0 Å². The van der Waals surface area contributed by atoms with Gasteiger partial charge in [0, 0.05) is 23.8 Å². The van der Waals surface area contributed by atoms with Gasteiger partial charge in [-0.1, -0.05) is 6.92 Å². The third kappa shape index (κ3) is 3.55. The summed E-state index contributed by atoms with van der Waals surface area (Å²) >= 11 is 2.47. The normalized spacial score (nSPS) is 13.9. The Hall–Kier alpha value is -0.560. The molecule has 0 aliphatic rings. The van der Waals surface area contributed by atoms with Crippen LogP contribution in [-0.4, -0.2) is 18.7 Å². The Morgan fingerprint density at radius 1 is 1.40 bits per heavy atom. The maximum Gasteiger partial charge on any atom is 0.151 e. The Kier molecular flexibility index (Phi) is 4.79. The minimum atomic E-state index is -1.08. The molecule has 1 N–H and O–H groups in total. The zero-order valence-electron chi connectivity index (χ0n) is 12.2. The van der Waals surface area contributed by atoms with Crippen molar-refractivity contribution in [3.8, 4) is 0 Å². The molecule has 0 spiro atoms.